The van der Waals surface area contributed by atoms with Gasteiger partial charge in [-0.3, -0.25) is 14.4 Å². The van der Waals surface area contributed by atoms with Crippen molar-refractivity contribution in [1.29, 1.82) is 0 Å². The Bertz CT molecular complexity index is 1600. The van der Waals surface area contributed by atoms with E-state index in [-0.39, 0.29) is 37.9 Å². The average molecular weight is 539 g/mol. The van der Waals surface area contributed by atoms with Gasteiger partial charge in [0.05, 0.1) is 35.4 Å². The number of hydrogen-bond acceptors (Lipinski definition) is 4. The molecule has 1 N–H and O–H groups in total. The van der Waals surface area contributed by atoms with Gasteiger partial charge in [0.25, 0.3) is 5.91 Å². The lowest BCUT2D eigenvalue weighted by Gasteiger charge is -2.34. The minimum atomic E-state index is -4.21. The number of aromatic nitrogens is 4. The molecule has 0 bridgehead atoms. The number of H-pyrrole nitrogens is 1. The molecule has 0 spiro atoms. The van der Waals surface area contributed by atoms with Crippen LogP contribution in [0.5, 0.6) is 0 Å². The summed E-state index contributed by atoms with van der Waals surface area (Å²) < 4.78 is 57.2. The monoisotopic (exact) mass is 538 g/mol. The molecule has 7 rings (SSSR count). The van der Waals surface area contributed by atoms with Crippen molar-refractivity contribution in [2.75, 3.05) is 22.9 Å². The maximum absolute atomic E-state index is 16.0. The van der Waals surface area contributed by atoms with E-state index >= 15 is 4.39 Å². The highest BCUT2D eigenvalue weighted by Crippen LogP contribution is 2.47. The van der Waals surface area contributed by atoms with E-state index in [1.165, 1.54) is 6.07 Å². The number of carbonyl (C=O) groups excluding carboxylic acids is 1. The third-order valence-corrected chi connectivity index (χ3v) is 8.33. The zero-order valence-corrected chi connectivity index (χ0v) is 21.2. The number of halogens is 4. The average Bonchev–Trinajstić information content (AvgIpc) is 3.44. The minimum absolute atomic E-state index is 0.0175. The number of benzene rings is 2. The molecule has 11 heteroatoms. The number of carbonyl (C=O) groups is 1. The number of anilines is 2. The summed E-state index contributed by atoms with van der Waals surface area (Å²) in [6.07, 6.45) is -0.680. The molecule has 2 aromatic carbocycles. The summed E-state index contributed by atoms with van der Waals surface area (Å²) in [4.78, 5) is 24.5. The van der Waals surface area contributed by atoms with E-state index < -0.39 is 24.0 Å². The zero-order chi connectivity index (χ0) is 27.1. The Morgan fingerprint density at radius 3 is 2.44 bits per heavy atom. The lowest BCUT2D eigenvalue weighted by atomic mass is 9.95. The zero-order valence-electron chi connectivity index (χ0n) is 21.2. The number of nitrogens with one attached hydrogen (secondary N) is 1. The Balaban J connectivity index is 1.28. The van der Waals surface area contributed by atoms with Crippen molar-refractivity contribution in [3.05, 3.63) is 71.1 Å². The van der Waals surface area contributed by atoms with E-state index in [1.807, 2.05) is 17.7 Å². The van der Waals surface area contributed by atoms with E-state index in [0.717, 1.165) is 24.1 Å². The molecule has 2 fully saturated rings. The van der Waals surface area contributed by atoms with Gasteiger partial charge in [0.2, 0.25) is 0 Å². The van der Waals surface area contributed by atoms with E-state index in [1.54, 1.807) is 40.4 Å². The Kier molecular flexibility index (Phi) is 5.30. The molecule has 2 aromatic heterocycles. The number of rotatable bonds is 4. The van der Waals surface area contributed by atoms with Gasteiger partial charge in [-0.15, -0.1) is 0 Å². The molecule has 1 amide bonds. The first-order valence-electron chi connectivity index (χ1n) is 13.2. The summed E-state index contributed by atoms with van der Waals surface area (Å²) in [6, 6.07) is 9.72. The summed E-state index contributed by atoms with van der Waals surface area (Å²) >= 11 is 0. The van der Waals surface area contributed by atoms with Crippen LogP contribution in [0.1, 0.15) is 65.1 Å². The lowest BCUT2D eigenvalue weighted by Crippen LogP contribution is -2.39. The Hall–Kier alpha value is -3.89. The highest BCUT2D eigenvalue weighted by molar-refractivity contribution is 6.11. The molecular weight excluding hydrogens is 512 g/mol. The summed E-state index contributed by atoms with van der Waals surface area (Å²) in [6.45, 7) is 2.33. The van der Waals surface area contributed by atoms with Gasteiger partial charge in [0.15, 0.2) is 5.69 Å². The third-order valence-electron chi connectivity index (χ3n) is 8.33. The number of aromatic amines is 1. The molecule has 1 atom stereocenters. The number of alkyl halides is 3. The smallest absolute Gasteiger partial charge is 0.371 e. The molecule has 39 heavy (non-hydrogen) atoms. The maximum atomic E-state index is 16.0. The van der Waals surface area contributed by atoms with Gasteiger partial charge in [-0.1, -0.05) is 6.07 Å². The SMILES string of the molecule is Cc1c2c(nn1C1CC1)C(=O)N(c1ccc3[nH]cnc3c1)C2c1ccc(N2CCC(C(F)(F)F)CC2)cc1F. The second kappa shape index (κ2) is 8.56. The van der Waals surface area contributed by atoms with Crippen molar-refractivity contribution in [2.45, 2.75) is 50.9 Å². The normalized spacial score (nSPS) is 20.3. The van der Waals surface area contributed by atoms with Gasteiger partial charge < -0.3 is 9.88 Å². The molecule has 1 saturated heterocycles. The first kappa shape index (κ1) is 24.2. The quantitative estimate of drug-likeness (QED) is 0.320. The van der Waals surface area contributed by atoms with Crippen LogP contribution in [0.25, 0.3) is 11.0 Å². The highest BCUT2D eigenvalue weighted by atomic mass is 19.4. The van der Waals surface area contributed by atoms with E-state index in [4.69, 9.17) is 0 Å². The van der Waals surface area contributed by atoms with Crippen molar-refractivity contribution in [2.24, 2.45) is 5.92 Å². The first-order valence-corrected chi connectivity index (χ1v) is 13.2. The van der Waals surface area contributed by atoms with Crippen molar-refractivity contribution >= 4 is 28.3 Å². The molecule has 0 radical (unpaired) electrons. The van der Waals surface area contributed by atoms with Gasteiger partial charge in [-0.05, 0) is 62.9 Å². The van der Waals surface area contributed by atoms with Gasteiger partial charge in [-0.25, -0.2) is 9.37 Å². The highest BCUT2D eigenvalue weighted by Gasteiger charge is 2.46. The Morgan fingerprint density at radius 1 is 1.00 bits per heavy atom. The number of hydrogen-bond donors (Lipinski definition) is 1. The van der Waals surface area contributed by atoms with E-state index in [2.05, 4.69) is 15.1 Å². The molecule has 1 saturated carbocycles. The molecule has 4 aromatic rings. The molecule has 1 unspecified atom stereocenters. The van der Waals surface area contributed by atoms with Crippen LogP contribution in [0.4, 0.5) is 28.9 Å². The fraction of sp³-hybridized carbons (Fsp3) is 0.393. The second-order valence-electron chi connectivity index (χ2n) is 10.7. The lowest BCUT2D eigenvalue weighted by molar-refractivity contribution is -0.179. The van der Waals surface area contributed by atoms with Crippen molar-refractivity contribution < 1.29 is 22.4 Å². The number of imidazole rings is 1. The molecule has 4 heterocycles. The summed E-state index contributed by atoms with van der Waals surface area (Å²) in [5, 5.41) is 4.67. The van der Waals surface area contributed by atoms with Crippen LogP contribution >= 0.6 is 0 Å². The maximum Gasteiger partial charge on any atom is 0.391 e. The Labute approximate surface area is 221 Å². The van der Waals surface area contributed by atoms with Crippen LogP contribution in [0, 0.1) is 18.7 Å². The molecule has 2 aliphatic heterocycles. The van der Waals surface area contributed by atoms with Gasteiger partial charge in [-0.2, -0.15) is 18.3 Å². The standard InChI is InChI=1S/C28H26F4N6O/c1-15-24-25(35-38(15)17-2-3-17)27(39)37(19-5-7-22-23(13-19)34-14-33-22)26(24)20-6-4-18(12-21(20)29)36-10-8-16(9-11-36)28(30,31)32/h4-7,12-14,16-17,26H,2-3,8-11H2,1H3,(H,33,34). The van der Waals surface area contributed by atoms with Crippen LogP contribution in [-0.4, -0.2) is 44.9 Å². The number of piperidine rings is 1. The summed E-state index contributed by atoms with van der Waals surface area (Å²) in [7, 11) is 0. The predicted octanol–water partition coefficient (Wildman–Crippen LogP) is 6.07. The number of amides is 1. The molecule has 3 aliphatic rings. The molecule has 7 nitrogen and oxygen atoms in total. The fourth-order valence-electron chi connectivity index (χ4n) is 6.08. The van der Waals surface area contributed by atoms with Crippen LogP contribution in [0.2, 0.25) is 0 Å². The van der Waals surface area contributed by atoms with E-state index in [0.29, 0.717) is 33.7 Å². The van der Waals surface area contributed by atoms with Crippen LogP contribution in [0.3, 0.4) is 0 Å². The largest absolute Gasteiger partial charge is 0.391 e. The molecular formula is C28H26F4N6O. The van der Waals surface area contributed by atoms with Crippen molar-refractivity contribution in [3.8, 4) is 0 Å². The summed E-state index contributed by atoms with van der Waals surface area (Å²) in [5.74, 6) is -2.14. The van der Waals surface area contributed by atoms with Gasteiger partial charge >= 0.3 is 6.18 Å². The molecule has 1 aliphatic carbocycles. The molecule has 202 valence electrons. The van der Waals surface area contributed by atoms with Gasteiger partial charge in [0, 0.05) is 41.3 Å². The van der Waals surface area contributed by atoms with Crippen LogP contribution < -0.4 is 9.80 Å². The number of nitrogens with zero attached hydrogens (tertiary/aromatic N) is 5. The fourth-order valence-corrected chi connectivity index (χ4v) is 6.08. The Morgan fingerprint density at radius 2 is 1.74 bits per heavy atom. The third kappa shape index (κ3) is 3.89. The second-order valence-corrected chi connectivity index (χ2v) is 10.7. The first-order chi connectivity index (χ1) is 18.7. The van der Waals surface area contributed by atoms with Crippen molar-refractivity contribution in [1.82, 2.24) is 19.7 Å². The van der Waals surface area contributed by atoms with Crippen LogP contribution in [0.15, 0.2) is 42.7 Å². The minimum Gasteiger partial charge on any atom is -0.371 e. The van der Waals surface area contributed by atoms with Crippen LogP contribution in [-0.2, 0) is 0 Å². The topological polar surface area (TPSA) is 70.0 Å². The summed E-state index contributed by atoms with van der Waals surface area (Å²) in [5.41, 5.74) is 4.79. The van der Waals surface area contributed by atoms with Crippen molar-refractivity contribution in [3.63, 3.8) is 0 Å². The predicted molar refractivity (Wildman–Crippen MR) is 137 cm³/mol. The number of fused-ring (bicyclic) bond motifs is 2. The van der Waals surface area contributed by atoms with E-state index in [9.17, 15) is 18.0 Å². The van der Waals surface area contributed by atoms with Gasteiger partial charge in [0.1, 0.15) is 5.82 Å².